The molecule has 0 spiro atoms. The number of rotatable bonds is 6. The van der Waals surface area contributed by atoms with E-state index in [2.05, 4.69) is 27.8 Å². The third-order valence-corrected chi connectivity index (χ3v) is 4.12. The number of carbonyl (C=O) groups excluding carboxylic acids is 1. The maximum Gasteiger partial charge on any atom is 0.381 e. The predicted octanol–water partition coefficient (Wildman–Crippen LogP) is 1.83. The summed E-state index contributed by atoms with van der Waals surface area (Å²) in [5.41, 5.74) is 3.66. The number of fused-ring (bicyclic) bond motifs is 1. The van der Waals surface area contributed by atoms with E-state index in [1.165, 1.54) is 17.3 Å². The monoisotopic (exact) mass is 365 g/mol. The van der Waals surface area contributed by atoms with Gasteiger partial charge in [-0.05, 0) is 26.6 Å². The summed E-state index contributed by atoms with van der Waals surface area (Å²) in [4.78, 5) is 26.0. The molecule has 2 N–H and O–H groups in total. The summed E-state index contributed by atoms with van der Waals surface area (Å²) in [6.45, 7) is 4.31. The Labute approximate surface area is 151 Å². The van der Waals surface area contributed by atoms with Crippen molar-refractivity contribution in [3.05, 3.63) is 57.0 Å². The predicted molar refractivity (Wildman–Crippen MR) is 94.3 cm³/mol. The van der Waals surface area contributed by atoms with Gasteiger partial charge in [-0.3, -0.25) is 4.79 Å². The molecule has 0 fully saturated rings. The van der Waals surface area contributed by atoms with Crippen molar-refractivity contribution >= 4 is 24.1 Å². The van der Waals surface area contributed by atoms with Gasteiger partial charge < -0.3 is 25.3 Å². The second-order valence-corrected chi connectivity index (χ2v) is 5.83. The number of nitrogens with one attached hydrogen (secondary N) is 2. The number of nitro groups is 1. The van der Waals surface area contributed by atoms with Gasteiger partial charge in [0, 0.05) is 39.5 Å². The molecule has 1 aliphatic heterocycles. The van der Waals surface area contributed by atoms with Crippen molar-refractivity contribution < 1.29 is 9.72 Å². The van der Waals surface area contributed by atoms with Crippen LogP contribution in [0.25, 0.3) is 0 Å². The molecule has 0 saturated heterocycles. The minimum atomic E-state index is -0.535. The fourth-order valence-electron chi connectivity index (χ4n) is 2.78. The molecule has 9 heteroatoms. The molecule has 2 heterocycles. The van der Waals surface area contributed by atoms with Crippen molar-refractivity contribution in [3.63, 3.8) is 0 Å². The first-order valence-corrected chi connectivity index (χ1v) is 7.79. The fraction of sp³-hybridized carbons (Fsp3) is 0.375. The van der Waals surface area contributed by atoms with Crippen LogP contribution in [0, 0.1) is 17.0 Å². The molecule has 3 rings (SSSR count). The number of hydrogen-bond acceptors (Lipinski definition) is 5. The summed E-state index contributed by atoms with van der Waals surface area (Å²) in [5, 5.41) is 16.9. The van der Waals surface area contributed by atoms with Gasteiger partial charge in [0.25, 0.3) is 0 Å². The Kier molecular flexibility index (Phi) is 6.11. The first kappa shape index (κ1) is 18.9. The molecule has 0 atom stereocenters. The number of aryl methyl sites for hydroxylation is 2. The van der Waals surface area contributed by atoms with Crippen LogP contribution in [0.5, 0.6) is 0 Å². The highest BCUT2D eigenvalue weighted by Gasteiger charge is 2.15. The van der Waals surface area contributed by atoms with Crippen LogP contribution in [0.4, 0.5) is 5.82 Å². The van der Waals surface area contributed by atoms with Gasteiger partial charge in [0.2, 0.25) is 11.7 Å². The Morgan fingerprint density at radius 2 is 2.16 bits per heavy atom. The van der Waals surface area contributed by atoms with Crippen molar-refractivity contribution in [2.45, 2.75) is 39.5 Å². The molecule has 0 aliphatic carbocycles. The maximum atomic E-state index is 12.0. The zero-order valence-electron chi connectivity index (χ0n) is 13.8. The number of carbonyl (C=O) groups is 1. The summed E-state index contributed by atoms with van der Waals surface area (Å²) < 4.78 is 1.62. The summed E-state index contributed by atoms with van der Waals surface area (Å²) in [6, 6.07) is 6.22. The van der Waals surface area contributed by atoms with Crippen LogP contribution in [0.2, 0.25) is 0 Å². The lowest BCUT2D eigenvalue weighted by atomic mass is 10.1. The van der Waals surface area contributed by atoms with E-state index < -0.39 is 4.92 Å². The van der Waals surface area contributed by atoms with Crippen LogP contribution >= 0.6 is 12.4 Å². The van der Waals surface area contributed by atoms with Gasteiger partial charge in [-0.2, -0.15) is 0 Å². The number of imidazole rings is 1. The van der Waals surface area contributed by atoms with Crippen molar-refractivity contribution in [2.75, 3.05) is 0 Å². The molecule has 134 valence electrons. The molecule has 0 saturated carbocycles. The van der Waals surface area contributed by atoms with Gasteiger partial charge in [0.1, 0.15) is 6.20 Å². The second-order valence-electron chi connectivity index (χ2n) is 5.83. The van der Waals surface area contributed by atoms with Crippen LogP contribution in [-0.2, 0) is 31.0 Å². The highest BCUT2D eigenvalue weighted by Crippen LogP contribution is 2.17. The molecule has 1 aromatic heterocycles. The molecular formula is C16H20ClN5O3. The van der Waals surface area contributed by atoms with Crippen molar-refractivity contribution in [2.24, 2.45) is 0 Å². The van der Waals surface area contributed by atoms with Gasteiger partial charge in [-0.15, -0.1) is 12.4 Å². The van der Waals surface area contributed by atoms with Crippen molar-refractivity contribution in [1.29, 1.82) is 0 Å². The minimum Gasteiger partial charge on any atom is -0.358 e. The molecule has 1 aliphatic rings. The van der Waals surface area contributed by atoms with Gasteiger partial charge >= 0.3 is 5.82 Å². The fourth-order valence-corrected chi connectivity index (χ4v) is 2.78. The van der Waals surface area contributed by atoms with E-state index in [-0.39, 0.29) is 30.6 Å². The molecule has 2 aromatic rings. The number of hydrogen-bond donors (Lipinski definition) is 2. The third kappa shape index (κ3) is 4.55. The summed E-state index contributed by atoms with van der Waals surface area (Å²) in [7, 11) is 0. The Morgan fingerprint density at radius 3 is 2.88 bits per heavy atom. The Balaban J connectivity index is 0.00000225. The van der Waals surface area contributed by atoms with Crippen LogP contribution in [0.3, 0.4) is 0 Å². The molecule has 25 heavy (non-hydrogen) atoms. The smallest absolute Gasteiger partial charge is 0.358 e. The van der Waals surface area contributed by atoms with Gasteiger partial charge in [-0.1, -0.05) is 18.2 Å². The highest BCUT2D eigenvalue weighted by molar-refractivity contribution is 5.85. The zero-order valence-corrected chi connectivity index (χ0v) is 14.6. The minimum absolute atomic E-state index is 0. The maximum absolute atomic E-state index is 12.0. The number of benzene rings is 1. The van der Waals surface area contributed by atoms with Crippen molar-refractivity contribution in [3.8, 4) is 0 Å². The molecule has 1 amide bonds. The van der Waals surface area contributed by atoms with E-state index in [1.807, 2.05) is 6.07 Å². The topological polar surface area (TPSA) is 102 Å². The van der Waals surface area contributed by atoms with E-state index in [4.69, 9.17) is 0 Å². The number of amides is 1. The summed E-state index contributed by atoms with van der Waals surface area (Å²) in [6.07, 6.45) is 1.61. The third-order valence-electron chi connectivity index (χ3n) is 4.12. The van der Waals surface area contributed by atoms with Gasteiger partial charge in [-0.25, -0.2) is 0 Å². The van der Waals surface area contributed by atoms with Crippen LogP contribution < -0.4 is 10.6 Å². The van der Waals surface area contributed by atoms with Crippen molar-refractivity contribution in [1.82, 2.24) is 20.2 Å². The largest absolute Gasteiger partial charge is 0.381 e. The van der Waals surface area contributed by atoms with E-state index in [1.54, 1.807) is 11.5 Å². The van der Waals surface area contributed by atoms with Gasteiger partial charge in [0.15, 0.2) is 0 Å². The normalized spacial score (nSPS) is 12.4. The van der Waals surface area contributed by atoms with Crippen LogP contribution in [0.15, 0.2) is 24.4 Å². The Hall–Kier alpha value is -2.45. The molecular weight excluding hydrogens is 346 g/mol. The first-order chi connectivity index (χ1) is 11.5. The first-order valence-electron chi connectivity index (χ1n) is 7.79. The average Bonchev–Trinajstić information content (AvgIpc) is 3.16. The SMILES string of the molecule is Cc1nc([N+](=O)[O-])cn1CCC(=O)NCc1ccc2c(c1)CNC2.Cl. The summed E-state index contributed by atoms with van der Waals surface area (Å²) in [5.74, 6) is 0.240. The zero-order chi connectivity index (χ0) is 17.1. The number of halogens is 1. The van der Waals surface area contributed by atoms with E-state index >= 15 is 0 Å². The second kappa shape index (κ2) is 8.09. The molecule has 1 aromatic carbocycles. The Morgan fingerprint density at radius 1 is 1.40 bits per heavy atom. The summed E-state index contributed by atoms with van der Waals surface area (Å²) >= 11 is 0. The molecule has 0 unspecified atom stereocenters. The van der Waals surface area contributed by atoms with Crippen LogP contribution in [-0.4, -0.2) is 20.4 Å². The van der Waals surface area contributed by atoms with E-state index in [0.29, 0.717) is 18.9 Å². The van der Waals surface area contributed by atoms with Gasteiger partial charge in [0.05, 0.1) is 0 Å². The lowest BCUT2D eigenvalue weighted by Crippen LogP contribution is -2.24. The standard InChI is InChI=1S/C16H19N5O3.ClH/c1-11-19-15(21(23)24)10-20(11)5-4-16(22)18-7-12-2-3-13-8-17-9-14(13)6-12;/h2-3,6,10,17H,4-5,7-9H2,1H3,(H,18,22);1H. The number of nitrogens with zero attached hydrogens (tertiary/aromatic N) is 3. The van der Waals surface area contributed by atoms with Crippen LogP contribution in [0.1, 0.15) is 28.9 Å². The average molecular weight is 366 g/mol. The molecule has 8 nitrogen and oxygen atoms in total. The highest BCUT2D eigenvalue weighted by atomic mass is 35.5. The molecule has 0 radical (unpaired) electrons. The number of aromatic nitrogens is 2. The lowest BCUT2D eigenvalue weighted by Gasteiger charge is -2.07. The van der Waals surface area contributed by atoms with E-state index in [9.17, 15) is 14.9 Å². The molecule has 0 bridgehead atoms. The Bertz CT molecular complexity index is 790. The lowest BCUT2D eigenvalue weighted by molar-refractivity contribution is -0.389. The van der Waals surface area contributed by atoms with E-state index in [0.717, 1.165) is 18.7 Å². The quantitative estimate of drug-likeness (QED) is 0.600.